The molecule has 3 N–H and O–H groups in total. The molecule has 134 valence electrons. The Hall–Kier alpha value is -2.44. The lowest BCUT2D eigenvalue weighted by molar-refractivity contribution is -0.123. The molecular weight excluding hydrogens is 310 g/mol. The molecule has 0 spiro atoms. The highest BCUT2D eigenvalue weighted by molar-refractivity contribution is 5.94. The van der Waals surface area contributed by atoms with E-state index in [0.717, 1.165) is 12.0 Å². The maximum Gasteiger partial charge on any atom is 0.319 e. The van der Waals surface area contributed by atoms with Crippen molar-refractivity contribution < 1.29 is 19.1 Å². The van der Waals surface area contributed by atoms with Gasteiger partial charge in [0, 0.05) is 17.8 Å². The maximum absolute atomic E-state index is 12.1. The number of ether oxygens (including phenoxy) is 2. The molecule has 0 saturated carbocycles. The Labute approximate surface area is 143 Å². The molecule has 2 atom stereocenters. The molecule has 0 saturated heterocycles. The first kappa shape index (κ1) is 19.6. The predicted molar refractivity (Wildman–Crippen MR) is 93.8 cm³/mol. The molecule has 1 aromatic carbocycles. The molecule has 7 heteroatoms. The van der Waals surface area contributed by atoms with Crippen molar-refractivity contribution in [2.75, 3.05) is 19.5 Å². The molecule has 0 heterocycles. The summed E-state index contributed by atoms with van der Waals surface area (Å²) in [5.74, 6) is 0.881. The minimum Gasteiger partial charge on any atom is -0.493 e. The molecule has 0 radical (unpaired) electrons. The van der Waals surface area contributed by atoms with Crippen molar-refractivity contribution >= 4 is 17.6 Å². The van der Waals surface area contributed by atoms with Gasteiger partial charge in [0.05, 0.1) is 14.2 Å². The Bertz CT molecular complexity index is 589. The molecular formula is C17H27N3O4. The first-order valence-electron chi connectivity index (χ1n) is 7.92. The van der Waals surface area contributed by atoms with Gasteiger partial charge in [-0.05, 0) is 38.8 Å². The number of rotatable bonds is 7. The molecule has 24 heavy (non-hydrogen) atoms. The van der Waals surface area contributed by atoms with Gasteiger partial charge in [0.25, 0.3) is 0 Å². The van der Waals surface area contributed by atoms with Crippen molar-refractivity contribution in [3.8, 4) is 11.5 Å². The van der Waals surface area contributed by atoms with E-state index in [-0.39, 0.29) is 11.9 Å². The van der Waals surface area contributed by atoms with Crippen molar-refractivity contribution in [3.05, 3.63) is 17.7 Å². The predicted octanol–water partition coefficient (Wildman–Crippen LogP) is 2.44. The summed E-state index contributed by atoms with van der Waals surface area (Å²) < 4.78 is 10.4. The zero-order valence-electron chi connectivity index (χ0n) is 15.1. The summed E-state index contributed by atoms with van der Waals surface area (Å²) in [4.78, 5) is 24.1. The van der Waals surface area contributed by atoms with E-state index in [1.807, 2.05) is 20.8 Å². The summed E-state index contributed by atoms with van der Waals surface area (Å²) in [5.41, 5.74) is 1.40. The largest absolute Gasteiger partial charge is 0.493 e. The van der Waals surface area contributed by atoms with Gasteiger partial charge in [0.1, 0.15) is 6.04 Å². The number of nitrogens with one attached hydrogen (secondary N) is 3. The van der Waals surface area contributed by atoms with Crippen LogP contribution in [0.5, 0.6) is 11.5 Å². The Morgan fingerprint density at radius 1 is 1.08 bits per heavy atom. The van der Waals surface area contributed by atoms with E-state index in [1.165, 1.54) is 7.11 Å². The van der Waals surface area contributed by atoms with Crippen molar-refractivity contribution in [3.63, 3.8) is 0 Å². The summed E-state index contributed by atoms with van der Waals surface area (Å²) in [6.07, 6.45) is 0.829. The summed E-state index contributed by atoms with van der Waals surface area (Å²) in [7, 11) is 3.08. The highest BCUT2D eigenvalue weighted by Gasteiger charge is 2.18. The number of methoxy groups -OCH3 is 2. The third-order valence-corrected chi connectivity index (χ3v) is 3.72. The van der Waals surface area contributed by atoms with E-state index in [2.05, 4.69) is 16.0 Å². The van der Waals surface area contributed by atoms with Crippen LogP contribution in [0.4, 0.5) is 10.5 Å². The van der Waals surface area contributed by atoms with Gasteiger partial charge >= 0.3 is 6.03 Å². The van der Waals surface area contributed by atoms with Gasteiger partial charge in [-0.2, -0.15) is 0 Å². The lowest BCUT2D eigenvalue weighted by Crippen LogP contribution is -2.48. The molecule has 0 unspecified atom stereocenters. The summed E-state index contributed by atoms with van der Waals surface area (Å²) in [5, 5.41) is 8.17. The van der Waals surface area contributed by atoms with E-state index in [1.54, 1.807) is 26.2 Å². The van der Waals surface area contributed by atoms with Crippen LogP contribution in [0.25, 0.3) is 0 Å². The van der Waals surface area contributed by atoms with E-state index in [0.29, 0.717) is 17.2 Å². The maximum atomic E-state index is 12.1. The average Bonchev–Trinajstić information content (AvgIpc) is 2.55. The summed E-state index contributed by atoms with van der Waals surface area (Å²) >= 11 is 0. The minimum absolute atomic E-state index is 0.0675. The lowest BCUT2D eigenvalue weighted by Gasteiger charge is -2.18. The van der Waals surface area contributed by atoms with Crippen LogP contribution in [0.2, 0.25) is 0 Å². The zero-order valence-corrected chi connectivity index (χ0v) is 15.1. The van der Waals surface area contributed by atoms with Crippen LogP contribution < -0.4 is 25.4 Å². The van der Waals surface area contributed by atoms with Crippen LogP contribution in [0.15, 0.2) is 12.1 Å². The van der Waals surface area contributed by atoms with Crippen LogP contribution >= 0.6 is 0 Å². The first-order chi connectivity index (χ1) is 11.3. The molecule has 7 nitrogen and oxygen atoms in total. The third kappa shape index (κ3) is 5.33. The molecule has 0 aromatic heterocycles. The second-order valence-electron chi connectivity index (χ2n) is 5.66. The van der Waals surface area contributed by atoms with Crippen molar-refractivity contribution in [2.45, 2.75) is 46.2 Å². The summed E-state index contributed by atoms with van der Waals surface area (Å²) in [6.45, 7) is 7.38. The fourth-order valence-corrected chi connectivity index (χ4v) is 2.01. The van der Waals surface area contributed by atoms with Crippen LogP contribution in [-0.2, 0) is 4.79 Å². The number of aryl methyl sites for hydroxylation is 1. The van der Waals surface area contributed by atoms with Crippen LogP contribution in [-0.4, -0.2) is 38.2 Å². The lowest BCUT2D eigenvalue weighted by atomic mass is 10.1. The van der Waals surface area contributed by atoms with Gasteiger partial charge in [0.15, 0.2) is 11.5 Å². The van der Waals surface area contributed by atoms with Gasteiger partial charge in [-0.3, -0.25) is 4.79 Å². The van der Waals surface area contributed by atoms with Gasteiger partial charge < -0.3 is 25.4 Å². The molecule has 0 bridgehead atoms. The molecule has 0 aliphatic heterocycles. The highest BCUT2D eigenvalue weighted by Crippen LogP contribution is 2.32. The Kier molecular flexibility index (Phi) is 7.35. The van der Waals surface area contributed by atoms with E-state index < -0.39 is 12.1 Å². The topological polar surface area (TPSA) is 88.7 Å². The Morgan fingerprint density at radius 3 is 2.21 bits per heavy atom. The first-order valence-corrected chi connectivity index (χ1v) is 7.92. The molecule has 1 aromatic rings. The van der Waals surface area contributed by atoms with E-state index in [9.17, 15) is 9.59 Å². The van der Waals surface area contributed by atoms with Gasteiger partial charge in [-0.1, -0.05) is 6.92 Å². The number of anilines is 1. The second-order valence-corrected chi connectivity index (χ2v) is 5.66. The van der Waals surface area contributed by atoms with Gasteiger partial charge in [0.2, 0.25) is 5.91 Å². The number of hydrogen-bond donors (Lipinski definition) is 3. The minimum atomic E-state index is -0.639. The van der Waals surface area contributed by atoms with Crippen molar-refractivity contribution in [2.24, 2.45) is 0 Å². The van der Waals surface area contributed by atoms with Crippen LogP contribution in [0.1, 0.15) is 32.8 Å². The fraction of sp³-hybridized carbons (Fsp3) is 0.529. The number of amides is 3. The van der Waals surface area contributed by atoms with Gasteiger partial charge in [-0.25, -0.2) is 4.79 Å². The van der Waals surface area contributed by atoms with Crippen molar-refractivity contribution in [1.29, 1.82) is 0 Å². The SMILES string of the molecule is CC[C@@H](C)NC(=O)[C@@H](C)NC(=O)Nc1cc(OC)c(OC)cc1C. The quantitative estimate of drug-likeness (QED) is 0.713. The van der Waals surface area contributed by atoms with Crippen molar-refractivity contribution in [1.82, 2.24) is 10.6 Å². The Morgan fingerprint density at radius 2 is 1.67 bits per heavy atom. The monoisotopic (exact) mass is 337 g/mol. The van der Waals surface area contributed by atoms with Crippen LogP contribution in [0, 0.1) is 6.92 Å². The zero-order chi connectivity index (χ0) is 18.3. The summed E-state index contributed by atoms with van der Waals surface area (Å²) in [6, 6.07) is 2.42. The van der Waals surface area contributed by atoms with Crippen LogP contribution in [0.3, 0.4) is 0 Å². The number of carbonyl (C=O) groups is 2. The smallest absolute Gasteiger partial charge is 0.319 e. The fourth-order valence-electron chi connectivity index (χ4n) is 2.01. The average molecular weight is 337 g/mol. The highest BCUT2D eigenvalue weighted by atomic mass is 16.5. The van der Waals surface area contributed by atoms with E-state index >= 15 is 0 Å². The van der Waals surface area contributed by atoms with Gasteiger partial charge in [-0.15, -0.1) is 0 Å². The standard InChI is InChI=1S/C17H27N3O4/c1-7-11(3)18-16(21)12(4)19-17(22)20-13-9-15(24-6)14(23-5)8-10(13)2/h8-9,11-12H,7H2,1-6H3,(H,18,21)(H2,19,20,22)/t11-,12-/m1/s1. The third-order valence-electron chi connectivity index (χ3n) is 3.72. The number of urea groups is 1. The number of hydrogen-bond acceptors (Lipinski definition) is 4. The van der Waals surface area contributed by atoms with E-state index in [4.69, 9.17) is 9.47 Å². The second kappa shape index (κ2) is 9.00. The normalized spacial score (nSPS) is 12.8. The Balaban J connectivity index is 2.73. The molecule has 3 amide bonds. The number of benzene rings is 1. The molecule has 0 fully saturated rings. The molecule has 1 rings (SSSR count). The molecule has 0 aliphatic carbocycles. The number of carbonyl (C=O) groups excluding carboxylic acids is 2. The molecule has 0 aliphatic rings.